The van der Waals surface area contributed by atoms with Crippen LogP contribution in [0.5, 0.6) is 0 Å². The third kappa shape index (κ3) is 5.62. The fourth-order valence-electron chi connectivity index (χ4n) is 4.05. The van der Waals surface area contributed by atoms with Gasteiger partial charge in [0.2, 0.25) is 0 Å². The number of hydrogen-bond donors (Lipinski definition) is 2. The lowest BCUT2D eigenvalue weighted by Crippen LogP contribution is -2.38. The van der Waals surface area contributed by atoms with Crippen LogP contribution in [0.15, 0.2) is 72.8 Å². The molecule has 0 radical (unpaired) electrons. The SMILES string of the molecule is COCC(=O)N(CCN(C)C)c1ccc(NC(=C2C(=O)Nc3cc(F)ccc32)c2ccccc2)cc1. The van der Waals surface area contributed by atoms with Crippen molar-refractivity contribution in [2.75, 3.05) is 56.4 Å². The van der Waals surface area contributed by atoms with E-state index < -0.39 is 5.82 Å². The highest BCUT2D eigenvalue weighted by molar-refractivity contribution is 6.37. The topological polar surface area (TPSA) is 73.9 Å². The number of fused-ring (bicyclic) bond motifs is 1. The van der Waals surface area contributed by atoms with Crippen LogP contribution in [0.25, 0.3) is 11.3 Å². The number of halogens is 1. The zero-order valence-corrected chi connectivity index (χ0v) is 20.5. The Labute approximate surface area is 210 Å². The summed E-state index contributed by atoms with van der Waals surface area (Å²) in [4.78, 5) is 29.3. The van der Waals surface area contributed by atoms with E-state index in [9.17, 15) is 14.0 Å². The molecule has 7 nitrogen and oxygen atoms in total. The second-order valence-corrected chi connectivity index (χ2v) is 8.71. The zero-order valence-electron chi connectivity index (χ0n) is 20.5. The molecular formula is C28H29FN4O3. The Morgan fingerprint density at radius 3 is 2.39 bits per heavy atom. The molecule has 2 amide bonds. The molecule has 0 saturated heterocycles. The van der Waals surface area contributed by atoms with Gasteiger partial charge in [0.15, 0.2) is 0 Å². The number of nitrogens with zero attached hydrogens (tertiary/aromatic N) is 2. The number of benzene rings is 3. The summed E-state index contributed by atoms with van der Waals surface area (Å²) >= 11 is 0. The van der Waals surface area contributed by atoms with Crippen molar-refractivity contribution in [3.8, 4) is 0 Å². The van der Waals surface area contributed by atoms with Crippen molar-refractivity contribution in [1.29, 1.82) is 0 Å². The molecule has 3 aromatic rings. The monoisotopic (exact) mass is 488 g/mol. The maximum absolute atomic E-state index is 13.8. The van der Waals surface area contributed by atoms with E-state index in [-0.39, 0.29) is 18.4 Å². The number of methoxy groups -OCH3 is 1. The standard InChI is InChI=1S/C28H29FN4O3/c1-32(2)15-16-33(25(34)18-36-3)22-12-10-21(11-13-22)30-27(19-7-5-4-6-8-19)26-23-14-9-20(29)17-24(23)31-28(26)35/h4-14,17,30H,15-16,18H2,1-3H3,(H,31,35). The lowest BCUT2D eigenvalue weighted by Gasteiger charge is -2.25. The van der Waals surface area contributed by atoms with Gasteiger partial charge in [0.05, 0.1) is 17.0 Å². The average Bonchev–Trinajstić information content (AvgIpc) is 3.18. The van der Waals surface area contributed by atoms with Crippen LogP contribution in [0.4, 0.5) is 21.5 Å². The summed E-state index contributed by atoms with van der Waals surface area (Å²) in [5.74, 6) is -0.848. The van der Waals surface area contributed by atoms with E-state index in [1.807, 2.05) is 73.6 Å². The number of carbonyl (C=O) groups is 2. The first kappa shape index (κ1) is 25.1. The molecular weight excluding hydrogens is 459 g/mol. The Hall–Kier alpha value is -4.01. The average molecular weight is 489 g/mol. The second-order valence-electron chi connectivity index (χ2n) is 8.71. The molecule has 0 aliphatic carbocycles. The Bertz CT molecular complexity index is 1270. The summed E-state index contributed by atoms with van der Waals surface area (Å²) in [6, 6.07) is 21.2. The molecule has 36 heavy (non-hydrogen) atoms. The van der Waals surface area contributed by atoms with Gasteiger partial charge in [0.1, 0.15) is 12.4 Å². The number of anilines is 3. The Morgan fingerprint density at radius 2 is 1.72 bits per heavy atom. The maximum atomic E-state index is 13.8. The molecule has 3 aromatic carbocycles. The molecule has 2 N–H and O–H groups in total. The van der Waals surface area contributed by atoms with E-state index in [1.54, 1.807) is 11.0 Å². The van der Waals surface area contributed by atoms with Gasteiger partial charge in [-0.1, -0.05) is 30.3 Å². The van der Waals surface area contributed by atoms with Gasteiger partial charge in [-0.05, 0) is 62.1 Å². The largest absolute Gasteiger partial charge is 0.375 e. The van der Waals surface area contributed by atoms with Crippen LogP contribution in [0.2, 0.25) is 0 Å². The molecule has 0 unspecified atom stereocenters. The number of likely N-dealkylation sites (N-methyl/N-ethyl adjacent to an activating group) is 1. The van der Waals surface area contributed by atoms with Crippen LogP contribution in [0, 0.1) is 5.82 Å². The van der Waals surface area contributed by atoms with Crippen LogP contribution in [-0.4, -0.2) is 57.6 Å². The highest BCUT2D eigenvalue weighted by atomic mass is 19.1. The first-order valence-electron chi connectivity index (χ1n) is 11.6. The molecule has 1 aliphatic rings. The number of rotatable bonds is 9. The minimum absolute atomic E-state index is 0.00714. The molecule has 1 heterocycles. The summed E-state index contributed by atoms with van der Waals surface area (Å²) < 4.78 is 18.8. The first-order chi connectivity index (χ1) is 17.4. The van der Waals surface area contributed by atoms with Crippen molar-refractivity contribution in [3.05, 3.63) is 89.7 Å². The van der Waals surface area contributed by atoms with Crippen molar-refractivity contribution in [2.24, 2.45) is 0 Å². The number of ether oxygens (including phenoxy) is 1. The zero-order chi connectivity index (χ0) is 25.7. The fraction of sp³-hybridized carbons (Fsp3) is 0.214. The van der Waals surface area contributed by atoms with Crippen molar-refractivity contribution >= 4 is 40.1 Å². The second kappa shape index (κ2) is 11.2. The molecule has 1 aliphatic heterocycles. The smallest absolute Gasteiger partial charge is 0.258 e. The van der Waals surface area contributed by atoms with Crippen molar-refractivity contribution in [1.82, 2.24) is 4.90 Å². The molecule has 0 spiro atoms. The maximum Gasteiger partial charge on any atom is 0.258 e. The molecule has 4 rings (SSSR count). The summed E-state index contributed by atoms with van der Waals surface area (Å²) in [6.07, 6.45) is 0. The van der Waals surface area contributed by atoms with E-state index in [1.165, 1.54) is 19.2 Å². The highest BCUT2D eigenvalue weighted by Gasteiger charge is 2.29. The number of amides is 2. The van der Waals surface area contributed by atoms with Crippen molar-refractivity contribution < 1.29 is 18.7 Å². The van der Waals surface area contributed by atoms with E-state index >= 15 is 0 Å². The number of carbonyl (C=O) groups excluding carboxylic acids is 2. The normalized spacial score (nSPS) is 13.9. The van der Waals surface area contributed by atoms with Crippen LogP contribution in [0.3, 0.4) is 0 Å². The van der Waals surface area contributed by atoms with Crippen LogP contribution >= 0.6 is 0 Å². The van der Waals surface area contributed by atoms with Gasteiger partial charge < -0.3 is 25.2 Å². The molecule has 0 atom stereocenters. The van der Waals surface area contributed by atoms with E-state index in [4.69, 9.17) is 4.74 Å². The molecule has 0 fully saturated rings. The van der Waals surface area contributed by atoms with Gasteiger partial charge in [0.25, 0.3) is 11.8 Å². The highest BCUT2D eigenvalue weighted by Crippen LogP contribution is 2.38. The third-order valence-electron chi connectivity index (χ3n) is 5.83. The van der Waals surface area contributed by atoms with Gasteiger partial charge >= 0.3 is 0 Å². The Balaban J connectivity index is 1.69. The van der Waals surface area contributed by atoms with Gasteiger partial charge in [-0.3, -0.25) is 9.59 Å². The molecule has 8 heteroatoms. The quantitative estimate of drug-likeness (QED) is 0.440. The van der Waals surface area contributed by atoms with E-state index in [2.05, 4.69) is 10.6 Å². The minimum Gasteiger partial charge on any atom is -0.375 e. The predicted molar refractivity (Wildman–Crippen MR) is 141 cm³/mol. The Kier molecular flexibility index (Phi) is 7.77. The third-order valence-corrected chi connectivity index (χ3v) is 5.83. The molecule has 0 aromatic heterocycles. The summed E-state index contributed by atoms with van der Waals surface area (Å²) in [6.45, 7) is 1.22. The van der Waals surface area contributed by atoms with E-state index in [0.717, 1.165) is 16.9 Å². The van der Waals surface area contributed by atoms with Crippen LogP contribution in [-0.2, 0) is 14.3 Å². The predicted octanol–water partition coefficient (Wildman–Crippen LogP) is 4.30. The van der Waals surface area contributed by atoms with Crippen LogP contribution < -0.4 is 15.5 Å². The summed E-state index contributed by atoms with van der Waals surface area (Å²) in [5.41, 5.74) is 4.40. The van der Waals surface area contributed by atoms with Crippen LogP contribution in [0.1, 0.15) is 11.1 Å². The molecule has 0 bridgehead atoms. The minimum atomic E-state index is -0.415. The van der Waals surface area contributed by atoms with Gasteiger partial charge in [-0.25, -0.2) is 4.39 Å². The molecule has 0 saturated carbocycles. The number of hydrogen-bond acceptors (Lipinski definition) is 5. The van der Waals surface area contributed by atoms with Gasteiger partial charge in [-0.15, -0.1) is 0 Å². The molecule has 186 valence electrons. The van der Waals surface area contributed by atoms with Gasteiger partial charge in [0, 0.05) is 37.1 Å². The summed E-state index contributed by atoms with van der Waals surface area (Å²) in [5, 5.41) is 6.14. The van der Waals surface area contributed by atoms with E-state index in [0.29, 0.717) is 35.6 Å². The van der Waals surface area contributed by atoms with Crippen molar-refractivity contribution in [2.45, 2.75) is 0 Å². The van der Waals surface area contributed by atoms with Gasteiger partial charge in [-0.2, -0.15) is 0 Å². The Morgan fingerprint density at radius 1 is 1.00 bits per heavy atom. The lowest BCUT2D eigenvalue weighted by molar-refractivity contribution is -0.122. The van der Waals surface area contributed by atoms with Crippen molar-refractivity contribution in [3.63, 3.8) is 0 Å². The first-order valence-corrected chi connectivity index (χ1v) is 11.6. The summed E-state index contributed by atoms with van der Waals surface area (Å²) in [7, 11) is 5.41. The lowest BCUT2D eigenvalue weighted by atomic mass is 10.00. The number of nitrogens with one attached hydrogen (secondary N) is 2. The fourth-order valence-corrected chi connectivity index (χ4v) is 4.05.